The zero-order valence-corrected chi connectivity index (χ0v) is 12.2. The maximum Gasteiger partial charge on any atom is 0.0895 e. The lowest BCUT2D eigenvalue weighted by Gasteiger charge is -2.28. The van der Waals surface area contributed by atoms with Crippen molar-refractivity contribution in [1.82, 2.24) is 0 Å². The van der Waals surface area contributed by atoms with Crippen molar-refractivity contribution in [2.75, 3.05) is 39.5 Å². The van der Waals surface area contributed by atoms with E-state index in [2.05, 4.69) is 0 Å². The fourth-order valence-electron chi connectivity index (χ4n) is 2.44. The molecule has 0 aromatic rings. The Morgan fingerprint density at radius 1 is 0.800 bits per heavy atom. The quantitative estimate of drug-likeness (QED) is 0.430. The van der Waals surface area contributed by atoms with E-state index in [0.717, 1.165) is 25.7 Å². The van der Waals surface area contributed by atoms with Crippen LogP contribution in [-0.4, -0.2) is 61.9 Å². The van der Waals surface area contributed by atoms with Gasteiger partial charge in [-0.15, -0.1) is 0 Å². The maximum atomic E-state index is 9.30. The maximum absolute atomic E-state index is 9.30. The first-order valence-electron chi connectivity index (χ1n) is 7.57. The molecule has 0 spiro atoms. The first kappa shape index (κ1) is 17.8. The van der Waals surface area contributed by atoms with E-state index in [1.807, 2.05) is 0 Å². The van der Waals surface area contributed by atoms with Gasteiger partial charge in [0.2, 0.25) is 0 Å². The number of ether oxygens (including phenoxy) is 2. The highest BCUT2D eigenvalue weighted by atomic mass is 16.5. The van der Waals surface area contributed by atoms with E-state index in [1.165, 1.54) is 0 Å². The number of hydrogen-bond donors (Lipinski definition) is 4. The van der Waals surface area contributed by atoms with E-state index in [9.17, 15) is 10.2 Å². The molecule has 1 rings (SSSR count). The summed E-state index contributed by atoms with van der Waals surface area (Å²) < 4.78 is 11.0. The second kappa shape index (κ2) is 10.5. The van der Waals surface area contributed by atoms with Crippen LogP contribution >= 0.6 is 0 Å². The molecule has 0 radical (unpaired) electrons. The van der Waals surface area contributed by atoms with E-state index in [4.69, 9.17) is 20.9 Å². The number of rotatable bonds is 10. The van der Waals surface area contributed by atoms with Gasteiger partial charge in [0.1, 0.15) is 0 Å². The predicted molar refractivity (Wildman–Crippen MR) is 77.2 cm³/mol. The first-order chi connectivity index (χ1) is 9.65. The lowest BCUT2D eigenvalue weighted by atomic mass is 9.83. The van der Waals surface area contributed by atoms with Crippen molar-refractivity contribution in [2.45, 2.75) is 37.9 Å². The summed E-state index contributed by atoms with van der Waals surface area (Å²) in [7, 11) is 0. The minimum Gasteiger partial charge on any atom is -0.389 e. The van der Waals surface area contributed by atoms with Crippen LogP contribution in [0.25, 0.3) is 0 Å². The van der Waals surface area contributed by atoms with Gasteiger partial charge in [-0.1, -0.05) is 0 Å². The van der Waals surface area contributed by atoms with Crippen molar-refractivity contribution in [2.24, 2.45) is 23.3 Å². The molecular formula is C14H30N2O4. The van der Waals surface area contributed by atoms with Gasteiger partial charge in [0, 0.05) is 26.3 Å². The highest BCUT2D eigenvalue weighted by Gasteiger charge is 2.21. The highest BCUT2D eigenvalue weighted by Crippen LogP contribution is 2.29. The molecule has 2 atom stereocenters. The van der Waals surface area contributed by atoms with Crippen LogP contribution in [0.1, 0.15) is 25.7 Å². The fraction of sp³-hybridized carbons (Fsp3) is 1.00. The van der Waals surface area contributed by atoms with Gasteiger partial charge in [-0.05, 0) is 37.5 Å². The standard InChI is InChI=1S/C14H30N2O4/c15-5-13(17)9-19-7-11-1-2-12(4-3-11)8-20-10-14(18)6-16/h11-14,17-18H,1-10,15-16H2/t11?,12?,13-,14-/m0/s1. The van der Waals surface area contributed by atoms with Crippen LogP contribution in [-0.2, 0) is 9.47 Å². The molecule has 0 aromatic carbocycles. The molecule has 0 aliphatic heterocycles. The molecule has 120 valence electrons. The van der Waals surface area contributed by atoms with Crippen LogP contribution in [0.15, 0.2) is 0 Å². The second-order valence-corrected chi connectivity index (χ2v) is 5.74. The van der Waals surface area contributed by atoms with Crippen LogP contribution in [0.4, 0.5) is 0 Å². The Labute approximate surface area is 121 Å². The Morgan fingerprint density at radius 3 is 1.45 bits per heavy atom. The molecule has 0 saturated heterocycles. The summed E-state index contributed by atoms with van der Waals surface area (Å²) in [5.41, 5.74) is 10.6. The molecule has 6 heteroatoms. The minimum absolute atomic E-state index is 0.249. The van der Waals surface area contributed by atoms with E-state index in [1.54, 1.807) is 0 Å². The summed E-state index contributed by atoms with van der Waals surface area (Å²) in [6, 6.07) is 0. The van der Waals surface area contributed by atoms with Crippen molar-refractivity contribution >= 4 is 0 Å². The molecule has 0 unspecified atom stereocenters. The van der Waals surface area contributed by atoms with E-state index in [-0.39, 0.29) is 13.1 Å². The van der Waals surface area contributed by atoms with Gasteiger partial charge in [0.25, 0.3) is 0 Å². The Kier molecular flexibility index (Phi) is 9.33. The molecule has 1 aliphatic rings. The van der Waals surface area contributed by atoms with Gasteiger partial charge in [-0.25, -0.2) is 0 Å². The van der Waals surface area contributed by atoms with Crippen molar-refractivity contribution in [3.8, 4) is 0 Å². The monoisotopic (exact) mass is 290 g/mol. The third-order valence-electron chi connectivity index (χ3n) is 3.84. The molecule has 0 amide bonds. The largest absolute Gasteiger partial charge is 0.389 e. The minimum atomic E-state index is -0.547. The average molecular weight is 290 g/mol. The molecule has 0 aromatic heterocycles. The Morgan fingerprint density at radius 2 is 1.15 bits per heavy atom. The van der Waals surface area contributed by atoms with Crippen LogP contribution in [0.5, 0.6) is 0 Å². The lowest BCUT2D eigenvalue weighted by Crippen LogP contribution is -2.29. The molecule has 6 N–H and O–H groups in total. The molecule has 0 bridgehead atoms. The van der Waals surface area contributed by atoms with Gasteiger partial charge in [0.05, 0.1) is 25.4 Å². The summed E-state index contributed by atoms with van der Waals surface area (Å²) in [5, 5.41) is 18.6. The predicted octanol–water partition coefficient (Wildman–Crippen LogP) is -0.535. The lowest BCUT2D eigenvalue weighted by molar-refractivity contribution is -0.000262. The molecule has 1 aliphatic carbocycles. The molecule has 6 nitrogen and oxygen atoms in total. The molecule has 1 saturated carbocycles. The summed E-state index contributed by atoms with van der Waals surface area (Å²) in [6.07, 6.45) is 3.43. The van der Waals surface area contributed by atoms with Gasteiger partial charge in [-0.3, -0.25) is 0 Å². The number of aliphatic hydroxyl groups excluding tert-OH is 2. The number of aliphatic hydroxyl groups is 2. The highest BCUT2D eigenvalue weighted by molar-refractivity contribution is 4.72. The first-order valence-corrected chi connectivity index (χ1v) is 7.57. The van der Waals surface area contributed by atoms with E-state index in [0.29, 0.717) is 38.3 Å². The Hall–Kier alpha value is -0.240. The Bertz CT molecular complexity index is 211. The zero-order valence-electron chi connectivity index (χ0n) is 12.2. The van der Waals surface area contributed by atoms with Gasteiger partial charge < -0.3 is 31.2 Å². The summed E-state index contributed by atoms with van der Waals surface area (Å²) in [5.74, 6) is 1.15. The van der Waals surface area contributed by atoms with Crippen molar-refractivity contribution in [3.05, 3.63) is 0 Å². The van der Waals surface area contributed by atoms with Crippen LogP contribution in [0.3, 0.4) is 0 Å². The van der Waals surface area contributed by atoms with Crippen molar-refractivity contribution in [1.29, 1.82) is 0 Å². The third kappa shape index (κ3) is 7.52. The molecule has 1 fully saturated rings. The molecular weight excluding hydrogens is 260 g/mol. The number of nitrogens with two attached hydrogens (primary N) is 2. The van der Waals surface area contributed by atoms with Crippen molar-refractivity contribution in [3.63, 3.8) is 0 Å². The molecule has 0 heterocycles. The smallest absolute Gasteiger partial charge is 0.0895 e. The van der Waals surface area contributed by atoms with E-state index >= 15 is 0 Å². The van der Waals surface area contributed by atoms with Crippen molar-refractivity contribution < 1.29 is 19.7 Å². The Balaban J connectivity index is 2.02. The molecule has 20 heavy (non-hydrogen) atoms. The van der Waals surface area contributed by atoms with Crippen LogP contribution in [0, 0.1) is 11.8 Å². The average Bonchev–Trinajstić information content (AvgIpc) is 2.48. The summed E-state index contributed by atoms with van der Waals surface area (Å²) >= 11 is 0. The summed E-state index contributed by atoms with van der Waals surface area (Å²) in [4.78, 5) is 0. The van der Waals surface area contributed by atoms with Gasteiger partial charge >= 0.3 is 0 Å². The third-order valence-corrected chi connectivity index (χ3v) is 3.84. The van der Waals surface area contributed by atoms with E-state index < -0.39 is 12.2 Å². The number of hydrogen-bond acceptors (Lipinski definition) is 6. The second-order valence-electron chi connectivity index (χ2n) is 5.74. The fourth-order valence-corrected chi connectivity index (χ4v) is 2.44. The normalized spacial score (nSPS) is 26.4. The topological polar surface area (TPSA) is 111 Å². The van der Waals surface area contributed by atoms with Gasteiger partial charge in [0.15, 0.2) is 0 Å². The van der Waals surface area contributed by atoms with Crippen LogP contribution in [0.2, 0.25) is 0 Å². The summed E-state index contributed by atoms with van der Waals surface area (Å²) in [6.45, 7) is 2.57. The zero-order chi connectivity index (χ0) is 14.8. The van der Waals surface area contributed by atoms with Crippen LogP contribution < -0.4 is 11.5 Å². The SMILES string of the molecule is NC[C@H](O)COCC1CCC(COC[C@@H](O)CN)CC1. The van der Waals surface area contributed by atoms with Gasteiger partial charge in [-0.2, -0.15) is 0 Å².